The molecule has 0 saturated heterocycles. The lowest BCUT2D eigenvalue weighted by molar-refractivity contribution is 0.0438. The number of hydrogen-bond donors (Lipinski definition) is 1. The van der Waals surface area contributed by atoms with Crippen LogP contribution < -0.4 is 5.32 Å². The number of nitriles is 1. The number of rotatable bonds is 1. The van der Waals surface area contributed by atoms with Crippen molar-refractivity contribution in [3.05, 3.63) is 0 Å². The number of carbonyl (C=O) groups excluding carboxylic acids is 1. The molecule has 2 aliphatic rings. The fourth-order valence-electron chi connectivity index (χ4n) is 3.87. The first-order valence-corrected chi connectivity index (χ1v) is 8.28. The highest BCUT2D eigenvalue weighted by Gasteiger charge is 2.37. The molecule has 0 radical (unpaired) electrons. The Balaban J connectivity index is 1.96. The van der Waals surface area contributed by atoms with Gasteiger partial charge in [-0.15, -0.1) is 0 Å². The molecular weight excluding hydrogens is 264 g/mol. The summed E-state index contributed by atoms with van der Waals surface area (Å²) in [6.45, 7) is 5.66. The van der Waals surface area contributed by atoms with Gasteiger partial charge in [0.1, 0.15) is 5.60 Å². The van der Waals surface area contributed by atoms with Crippen LogP contribution in [0.3, 0.4) is 0 Å². The van der Waals surface area contributed by atoms with Crippen molar-refractivity contribution < 1.29 is 9.53 Å². The highest BCUT2D eigenvalue weighted by molar-refractivity contribution is 5.68. The number of nitrogens with one attached hydrogen (secondary N) is 1. The van der Waals surface area contributed by atoms with Gasteiger partial charge in [-0.05, 0) is 64.7 Å². The van der Waals surface area contributed by atoms with Gasteiger partial charge in [-0.2, -0.15) is 5.26 Å². The average molecular weight is 292 g/mol. The molecule has 2 saturated carbocycles. The van der Waals surface area contributed by atoms with Gasteiger partial charge in [0.15, 0.2) is 0 Å². The monoisotopic (exact) mass is 292 g/mol. The number of amides is 1. The SMILES string of the molecule is CC(C)(C)OC(=O)NC1CCCC2CCC(C#N)CC[C@@H]21. The molecule has 0 heterocycles. The van der Waals surface area contributed by atoms with E-state index < -0.39 is 5.60 Å². The van der Waals surface area contributed by atoms with Crippen LogP contribution in [-0.2, 0) is 4.74 Å². The molecule has 4 heteroatoms. The second kappa shape index (κ2) is 6.68. The topological polar surface area (TPSA) is 62.1 Å². The summed E-state index contributed by atoms with van der Waals surface area (Å²) in [5.41, 5.74) is -0.451. The fourth-order valence-corrected chi connectivity index (χ4v) is 3.87. The van der Waals surface area contributed by atoms with Crippen LogP contribution in [0.25, 0.3) is 0 Å². The van der Waals surface area contributed by atoms with E-state index in [9.17, 15) is 4.79 Å². The first-order chi connectivity index (χ1) is 9.89. The highest BCUT2D eigenvalue weighted by atomic mass is 16.6. The molecule has 21 heavy (non-hydrogen) atoms. The van der Waals surface area contributed by atoms with E-state index in [-0.39, 0.29) is 18.1 Å². The molecule has 0 aliphatic heterocycles. The first-order valence-electron chi connectivity index (χ1n) is 8.28. The Morgan fingerprint density at radius 2 is 1.86 bits per heavy atom. The normalized spacial score (nSPS) is 33.2. The average Bonchev–Trinajstić information content (AvgIpc) is 2.59. The number of ether oxygens (including phenoxy) is 1. The van der Waals surface area contributed by atoms with Crippen LogP contribution in [0.1, 0.15) is 65.7 Å². The summed E-state index contributed by atoms with van der Waals surface area (Å²) in [7, 11) is 0. The molecule has 0 aromatic heterocycles. The van der Waals surface area contributed by atoms with Gasteiger partial charge in [0.25, 0.3) is 0 Å². The number of hydrogen-bond acceptors (Lipinski definition) is 3. The third-order valence-electron chi connectivity index (χ3n) is 4.83. The Kier molecular flexibility index (Phi) is 5.13. The number of nitrogens with zero attached hydrogens (tertiary/aromatic N) is 1. The van der Waals surface area contributed by atoms with Crippen molar-refractivity contribution in [3.8, 4) is 6.07 Å². The zero-order valence-corrected chi connectivity index (χ0v) is 13.5. The van der Waals surface area contributed by atoms with Crippen molar-refractivity contribution in [1.82, 2.24) is 5.32 Å². The molecule has 0 bridgehead atoms. The molecule has 118 valence electrons. The zero-order chi connectivity index (χ0) is 15.5. The lowest BCUT2D eigenvalue weighted by Crippen LogP contribution is -2.46. The minimum absolute atomic E-state index is 0.206. The molecule has 2 fully saturated rings. The van der Waals surface area contributed by atoms with Crippen LogP contribution in [0, 0.1) is 29.1 Å². The lowest BCUT2D eigenvalue weighted by atomic mass is 9.73. The molecular formula is C17H28N2O2. The minimum Gasteiger partial charge on any atom is -0.444 e. The van der Waals surface area contributed by atoms with Crippen molar-refractivity contribution in [2.45, 2.75) is 77.4 Å². The summed E-state index contributed by atoms with van der Waals surface area (Å²) in [5.74, 6) is 1.39. The summed E-state index contributed by atoms with van der Waals surface area (Å²) in [6, 6.07) is 2.65. The molecule has 4 nitrogen and oxygen atoms in total. The maximum Gasteiger partial charge on any atom is 0.407 e. The van der Waals surface area contributed by atoms with Gasteiger partial charge in [0.05, 0.1) is 6.07 Å². The Morgan fingerprint density at radius 1 is 1.14 bits per heavy atom. The van der Waals surface area contributed by atoms with Crippen molar-refractivity contribution in [1.29, 1.82) is 5.26 Å². The maximum absolute atomic E-state index is 12.0. The highest BCUT2D eigenvalue weighted by Crippen LogP contribution is 2.41. The van der Waals surface area contributed by atoms with Crippen molar-refractivity contribution in [3.63, 3.8) is 0 Å². The van der Waals surface area contributed by atoms with E-state index in [4.69, 9.17) is 10.00 Å². The van der Waals surface area contributed by atoms with Crippen LogP contribution >= 0.6 is 0 Å². The van der Waals surface area contributed by atoms with Crippen molar-refractivity contribution in [2.24, 2.45) is 17.8 Å². The van der Waals surface area contributed by atoms with E-state index in [1.807, 2.05) is 20.8 Å². The molecule has 1 N–H and O–H groups in total. The van der Waals surface area contributed by atoms with Gasteiger partial charge in [0.2, 0.25) is 0 Å². The molecule has 3 unspecified atom stereocenters. The van der Waals surface area contributed by atoms with E-state index >= 15 is 0 Å². The number of fused-ring (bicyclic) bond motifs is 1. The van der Waals surface area contributed by atoms with E-state index in [1.54, 1.807) is 0 Å². The van der Waals surface area contributed by atoms with E-state index in [2.05, 4.69) is 11.4 Å². The number of alkyl carbamates (subject to hydrolysis) is 1. The van der Waals surface area contributed by atoms with E-state index in [0.29, 0.717) is 11.8 Å². The Labute approximate surface area is 128 Å². The summed E-state index contributed by atoms with van der Waals surface area (Å²) in [5, 5.41) is 12.2. The van der Waals surface area contributed by atoms with Crippen LogP contribution in [0.2, 0.25) is 0 Å². The Hall–Kier alpha value is -1.24. The predicted molar refractivity (Wildman–Crippen MR) is 81.6 cm³/mol. The minimum atomic E-state index is -0.451. The largest absolute Gasteiger partial charge is 0.444 e. The van der Waals surface area contributed by atoms with Crippen LogP contribution in [0.4, 0.5) is 4.79 Å². The molecule has 4 atom stereocenters. The van der Waals surface area contributed by atoms with Crippen LogP contribution in [0.5, 0.6) is 0 Å². The second-order valence-electron chi connectivity index (χ2n) is 7.59. The molecule has 2 aliphatic carbocycles. The van der Waals surface area contributed by atoms with Crippen molar-refractivity contribution >= 4 is 6.09 Å². The first kappa shape index (κ1) is 16.1. The molecule has 2 rings (SSSR count). The Morgan fingerprint density at radius 3 is 2.52 bits per heavy atom. The maximum atomic E-state index is 12.0. The van der Waals surface area contributed by atoms with Gasteiger partial charge in [-0.1, -0.05) is 12.8 Å². The summed E-state index contributed by atoms with van der Waals surface area (Å²) in [4.78, 5) is 12.0. The van der Waals surface area contributed by atoms with Crippen molar-refractivity contribution in [2.75, 3.05) is 0 Å². The van der Waals surface area contributed by atoms with Crippen LogP contribution in [0.15, 0.2) is 0 Å². The summed E-state index contributed by atoms with van der Waals surface area (Å²) < 4.78 is 5.39. The molecule has 1 amide bonds. The second-order valence-corrected chi connectivity index (χ2v) is 7.59. The molecule has 0 spiro atoms. The standard InChI is InChI=1S/C17H28N2O2/c1-17(2,3)21-16(20)19-15-6-4-5-13-9-7-12(11-18)8-10-14(13)15/h12-15H,4-10H2,1-3H3,(H,19,20)/t12?,13?,14-,15?/m0/s1. The van der Waals surface area contributed by atoms with Crippen LogP contribution in [-0.4, -0.2) is 17.7 Å². The van der Waals surface area contributed by atoms with Gasteiger partial charge in [0, 0.05) is 12.0 Å². The smallest absolute Gasteiger partial charge is 0.407 e. The van der Waals surface area contributed by atoms with E-state index in [1.165, 1.54) is 12.8 Å². The van der Waals surface area contributed by atoms with Gasteiger partial charge >= 0.3 is 6.09 Å². The molecule has 0 aromatic carbocycles. The number of carbonyl (C=O) groups is 1. The third kappa shape index (κ3) is 4.62. The quantitative estimate of drug-likeness (QED) is 0.794. The predicted octanol–water partition coefficient (Wildman–Crippen LogP) is 4.01. The lowest BCUT2D eigenvalue weighted by Gasteiger charge is -2.38. The van der Waals surface area contributed by atoms with Gasteiger partial charge < -0.3 is 10.1 Å². The summed E-state index contributed by atoms with van der Waals surface area (Å²) in [6.07, 6.45) is 7.35. The van der Waals surface area contributed by atoms with Gasteiger partial charge in [-0.3, -0.25) is 0 Å². The van der Waals surface area contributed by atoms with Gasteiger partial charge in [-0.25, -0.2) is 4.79 Å². The third-order valence-corrected chi connectivity index (χ3v) is 4.83. The summed E-state index contributed by atoms with van der Waals surface area (Å²) >= 11 is 0. The Bertz CT molecular complexity index is 408. The van der Waals surface area contributed by atoms with E-state index in [0.717, 1.165) is 32.1 Å². The fraction of sp³-hybridized carbons (Fsp3) is 0.882. The molecule has 0 aromatic rings. The zero-order valence-electron chi connectivity index (χ0n) is 13.5.